The van der Waals surface area contributed by atoms with E-state index in [1.165, 1.54) is 38.2 Å². The molecule has 0 saturated heterocycles. The van der Waals surface area contributed by atoms with Gasteiger partial charge in [-0.25, -0.2) is 4.98 Å². The Kier molecular flexibility index (Phi) is 5.47. The third-order valence-corrected chi connectivity index (χ3v) is 8.13. The maximum Gasteiger partial charge on any atom is 0.238 e. The van der Waals surface area contributed by atoms with Crippen molar-refractivity contribution in [3.63, 3.8) is 0 Å². The molecule has 2 aromatic heterocycles. The van der Waals surface area contributed by atoms with Crippen LogP contribution in [0.4, 0.5) is 0 Å². The summed E-state index contributed by atoms with van der Waals surface area (Å²) in [7, 11) is 0. The SMILES string of the molecule is C=CC=C1/C(=C\C)c2cccc3ccc4c(c23)c2c1cccc2n4-c1nc(-c2ccccc2)nc(-c2ccccc2)n1. The van der Waals surface area contributed by atoms with E-state index in [1.807, 2.05) is 66.7 Å². The molecule has 0 atom stereocenters. The first kappa shape index (κ1) is 24.2. The van der Waals surface area contributed by atoms with Crippen molar-refractivity contribution in [1.82, 2.24) is 19.5 Å². The molecule has 1 aliphatic rings. The van der Waals surface area contributed by atoms with Gasteiger partial charge in [0.15, 0.2) is 11.6 Å². The van der Waals surface area contributed by atoms with Crippen molar-refractivity contribution < 1.29 is 0 Å². The van der Waals surface area contributed by atoms with Gasteiger partial charge in [-0.3, -0.25) is 4.57 Å². The first-order valence-electron chi connectivity index (χ1n) is 14.1. The number of benzene rings is 5. The minimum absolute atomic E-state index is 0.595. The predicted molar refractivity (Wildman–Crippen MR) is 174 cm³/mol. The van der Waals surface area contributed by atoms with E-state index in [0.717, 1.165) is 27.7 Å². The lowest BCUT2D eigenvalue weighted by Crippen LogP contribution is -2.06. The molecule has 0 N–H and O–H groups in total. The molecule has 2 heterocycles. The molecular weight excluding hydrogens is 512 g/mol. The van der Waals surface area contributed by atoms with Gasteiger partial charge in [0.1, 0.15) is 0 Å². The quantitative estimate of drug-likeness (QED) is 0.224. The molecule has 0 radical (unpaired) electrons. The van der Waals surface area contributed by atoms with E-state index in [9.17, 15) is 0 Å². The Morgan fingerprint density at radius 2 is 1.19 bits per heavy atom. The van der Waals surface area contributed by atoms with E-state index in [-0.39, 0.29) is 0 Å². The van der Waals surface area contributed by atoms with Crippen LogP contribution in [-0.2, 0) is 0 Å². The molecule has 198 valence electrons. The maximum absolute atomic E-state index is 5.11. The van der Waals surface area contributed by atoms with Crippen LogP contribution >= 0.6 is 0 Å². The van der Waals surface area contributed by atoms with Crippen LogP contribution in [0.25, 0.3) is 72.4 Å². The lowest BCUT2D eigenvalue weighted by molar-refractivity contribution is 0.953. The van der Waals surface area contributed by atoms with Crippen LogP contribution in [0.1, 0.15) is 18.1 Å². The molecule has 4 nitrogen and oxygen atoms in total. The van der Waals surface area contributed by atoms with Gasteiger partial charge in [-0.2, -0.15) is 9.97 Å². The average Bonchev–Trinajstić information content (AvgIpc) is 3.34. The van der Waals surface area contributed by atoms with Crippen molar-refractivity contribution in [1.29, 1.82) is 0 Å². The summed E-state index contributed by atoms with van der Waals surface area (Å²) in [6.45, 7) is 6.17. The Balaban J connectivity index is 1.55. The summed E-state index contributed by atoms with van der Waals surface area (Å²) in [5.41, 5.74) is 8.78. The molecule has 42 heavy (non-hydrogen) atoms. The van der Waals surface area contributed by atoms with E-state index < -0.39 is 0 Å². The maximum atomic E-state index is 5.11. The van der Waals surface area contributed by atoms with Gasteiger partial charge < -0.3 is 0 Å². The summed E-state index contributed by atoms with van der Waals surface area (Å²) in [5, 5.41) is 4.85. The molecule has 5 aromatic carbocycles. The normalized spacial score (nSPS) is 14.5. The third kappa shape index (κ3) is 3.52. The summed E-state index contributed by atoms with van der Waals surface area (Å²) in [6.07, 6.45) is 6.22. The van der Waals surface area contributed by atoms with Crippen LogP contribution in [0, 0.1) is 0 Å². The van der Waals surface area contributed by atoms with Gasteiger partial charge in [-0.1, -0.05) is 122 Å². The fourth-order valence-corrected chi connectivity index (χ4v) is 6.39. The van der Waals surface area contributed by atoms with E-state index in [1.54, 1.807) is 0 Å². The third-order valence-electron chi connectivity index (χ3n) is 8.13. The second-order valence-corrected chi connectivity index (χ2v) is 10.4. The Bertz CT molecular complexity index is 2200. The summed E-state index contributed by atoms with van der Waals surface area (Å²) in [5.74, 6) is 1.88. The van der Waals surface area contributed by atoms with Gasteiger partial charge in [-0.05, 0) is 52.1 Å². The second-order valence-electron chi connectivity index (χ2n) is 10.4. The number of rotatable bonds is 4. The summed E-state index contributed by atoms with van der Waals surface area (Å²) < 4.78 is 2.21. The van der Waals surface area contributed by atoms with E-state index >= 15 is 0 Å². The first-order valence-corrected chi connectivity index (χ1v) is 14.1. The van der Waals surface area contributed by atoms with Gasteiger partial charge in [0, 0.05) is 21.9 Å². The van der Waals surface area contributed by atoms with Gasteiger partial charge in [-0.15, -0.1) is 0 Å². The van der Waals surface area contributed by atoms with Gasteiger partial charge >= 0.3 is 0 Å². The highest BCUT2D eigenvalue weighted by molar-refractivity contribution is 6.31. The largest absolute Gasteiger partial charge is 0.278 e. The van der Waals surface area contributed by atoms with Crippen LogP contribution < -0.4 is 0 Å². The van der Waals surface area contributed by atoms with E-state index in [2.05, 4.69) is 78.8 Å². The molecule has 0 spiro atoms. The molecule has 0 saturated carbocycles. The van der Waals surface area contributed by atoms with E-state index in [4.69, 9.17) is 15.0 Å². The van der Waals surface area contributed by atoms with Crippen LogP contribution in [-0.4, -0.2) is 19.5 Å². The Hall–Kier alpha value is -5.61. The van der Waals surface area contributed by atoms with Crippen molar-refractivity contribution >= 4 is 43.7 Å². The van der Waals surface area contributed by atoms with Crippen LogP contribution in [0.5, 0.6) is 0 Å². The summed E-state index contributed by atoms with van der Waals surface area (Å²) >= 11 is 0. The van der Waals surface area contributed by atoms with Crippen molar-refractivity contribution in [3.05, 3.63) is 145 Å². The van der Waals surface area contributed by atoms with Crippen molar-refractivity contribution in [2.24, 2.45) is 0 Å². The number of allylic oxidation sites excluding steroid dienone is 5. The molecule has 7 aromatic rings. The Morgan fingerprint density at radius 1 is 0.571 bits per heavy atom. The molecule has 8 rings (SSSR count). The lowest BCUT2D eigenvalue weighted by Gasteiger charge is -2.15. The molecule has 4 heteroatoms. The molecule has 0 bridgehead atoms. The zero-order valence-corrected chi connectivity index (χ0v) is 23.1. The van der Waals surface area contributed by atoms with Crippen LogP contribution in [0.15, 0.2) is 134 Å². The molecule has 0 unspecified atom stereocenters. The number of aromatic nitrogens is 4. The van der Waals surface area contributed by atoms with Gasteiger partial charge in [0.05, 0.1) is 11.0 Å². The highest BCUT2D eigenvalue weighted by Gasteiger charge is 2.26. The molecule has 0 fully saturated rings. The van der Waals surface area contributed by atoms with Crippen molar-refractivity contribution in [2.45, 2.75) is 6.92 Å². The molecular formula is C38H26N4. The minimum atomic E-state index is 0.595. The van der Waals surface area contributed by atoms with Gasteiger partial charge in [0.2, 0.25) is 5.95 Å². The number of hydrogen-bond acceptors (Lipinski definition) is 3. The fourth-order valence-electron chi connectivity index (χ4n) is 6.39. The van der Waals surface area contributed by atoms with Crippen molar-refractivity contribution in [2.75, 3.05) is 0 Å². The highest BCUT2D eigenvalue weighted by atomic mass is 15.2. The second kappa shape index (κ2) is 9.50. The molecule has 0 aliphatic heterocycles. The topological polar surface area (TPSA) is 43.6 Å². The van der Waals surface area contributed by atoms with Crippen molar-refractivity contribution in [3.8, 4) is 28.7 Å². The van der Waals surface area contributed by atoms with Crippen LogP contribution in [0.3, 0.4) is 0 Å². The van der Waals surface area contributed by atoms with Crippen LogP contribution in [0.2, 0.25) is 0 Å². The monoisotopic (exact) mass is 538 g/mol. The smallest absolute Gasteiger partial charge is 0.238 e. The average molecular weight is 539 g/mol. The van der Waals surface area contributed by atoms with Gasteiger partial charge in [0.25, 0.3) is 0 Å². The molecule has 0 amide bonds. The predicted octanol–water partition coefficient (Wildman–Crippen LogP) is 9.44. The summed E-state index contributed by atoms with van der Waals surface area (Å²) in [4.78, 5) is 15.1. The molecule has 1 aliphatic carbocycles. The number of nitrogens with zero attached hydrogens (tertiary/aromatic N) is 4. The fraction of sp³-hybridized carbons (Fsp3) is 0.0263. The number of hydrogen-bond donors (Lipinski definition) is 0. The van der Waals surface area contributed by atoms with E-state index in [0.29, 0.717) is 17.6 Å². The minimum Gasteiger partial charge on any atom is -0.278 e. The zero-order chi connectivity index (χ0) is 28.2. The summed E-state index contributed by atoms with van der Waals surface area (Å²) in [6, 6.07) is 37.7. The zero-order valence-electron chi connectivity index (χ0n) is 23.1. The Morgan fingerprint density at radius 3 is 1.83 bits per heavy atom. The first-order chi connectivity index (χ1) is 20.8. The lowest BCUT2D eigenvalue weighted by atomic mass is 9.91. The highest BCUT2D eigenvalue weighted by Crippen LogP contribution is 2.48. The standard InChI is InChI=1S/C38H26N4/c1-3-13-28-27(4-2)29-19-11-18-24-22-23-32-35(33(24)29)34-30(28)20-12-21-31(34)42(32)38-40-36(25-14-7-5-8-15-25)39-37(41-38)26-16-9-6-10-17-26/h3-23H,1H2,2H3/b27-4+,28-13?. The Labute approximate surface area is 243 Å².